The second kappa shape index (κ2) is 22.9. The lowest BCUT2D eigenvalue weighted by molar-refractivity contribution is -0.162. The van der Waals surface area contributed by atoms with E-state index in [9.17, 15) is 24.3 Å². The lowest BCUT2D eigenvalue weighted by atomic mass is 10.1. The quantitative estimate of drug-likeness (QED) is 0.0510. The number of nitrogens with one attached hydrogen (secondary N) is 2. The van der Waals surface area contributed by atoms with Gasteiger partial charge in [-0.2, -0.15) is 0 Å². The smallest absolute Gasteiger partial charge is 0.333 e. The molecule has 0 saturated heterocycles. The predicted molar refractivity (Wildman–Crippen MR) is 124 cm³/mol. The monoisotopic (exact) mass is 511 g/mol. The van der Waals surface area contributed by atoms with E-state index in [-0.39, 0.29) is 50.4 Å². The van der Waals surface area contributed by atoms with Gasteiger partial charge in [0.15, 0.2) is 5.96 Å². The highest BCUT2D eigenvalue weighted by Crippen LogP contribution is 2.02. The van der Waals surface area contributed by atoms with E-state index < -0.39 is 42.7 Å². The molecule has 0 aromatic heterocycles. The van der Waals surface area contributed by atoms with Gasteiger partial charge in [0.2, 0.25) is 5.91 Å². The number of aliphatic hydroxyl groups is 4. The molecule has 206 valence electrons. The zero-order chi connectivity index (χ0) is 28.0. The number of ether oxygens (including phenoxy) is 2. The van der Waals surface area contributed by atoms with Crippen molar-refractivity contribution in [3.05, 3.63) is 0 Å². The summed E-state index contributed by atoms with van der Waals surface area (Å²) in [6.45, 7) is 4.72. The van der Waals surface area contributed by atoms with Crippen LogP contribution in [0.5, 0.6) is 0 Å². The topological polar surface area (TPSA) is 282 Å². The van der Waals surface area contributed by atoms with Gasteiger partial charge in [-0.3, -0.25) is 19.8 Å². The number of primary amides is 1. The van der Waals surface area contributed by atoms with Crippen LogP contribution in [-0.2, 0) is 28.7 Å². The number of amides is 1. The SMILES string of the molecule is CC(C)CC(=O)OCC(O)CO.CCCC(=O)OC(=O)[C@@H](N)C(O)CCNC(=N)N.NC(=O)CO. The third kappa shape index (κ3) is 27.3. The van der Waals surface area contributed by atoms with Crippen LogP contribution in [0, 0.1) is 11.3 Å². The average Bonchev–Trinajstić information content (AvgIpc) is 2.76. The van der Waals surface area contributed by atoms with E-state index in [4.69, 9.17) is 32.2 Å². The van der Waals surface area contributed by atoms with Gasteiger partial charge in [-0.15, -0.1) is 0 Å². The van der Waals surface area contributed by atoms with Crippen molar-refractivity contribution in [2.45, 2.75) is 64.7 Å². The van der Waals surface area contributed by atoms with Gasteiger partial charge in [0.1, 0.15) is 25.4 Å². The highest BCUT2D eigenvalue weighted by atomic mass is 16.6. The van der Waals surface area contributed by atoms with Crippen molar-refractivity contribution in [2.24, 2.45) is 23.1 Å². The minimum absolute atomic E-state index is 0.109. The van der Waals surface area contributed by atoms with Gasteiger partial charge in [0.05, 0.1) is 12.7 Å². The number of rotatable bonds is 13. The summed E-state index contributed by atoms with van der Waals surface area (Å²) >= 11 is 0. The second-order valence-electron chi connectivity index (χ2n) is 7.51. The molecule has 0 aromatic carbocycles. The second-order valence-corrected chi connectivity index (χ2v) is 7.51. The number of hydrogen-bond donors (Lipinski definition) is 9. The molecular weight excluding hydrogens is 470 g/mol. The summed E-state index contributed by atoms with van der Waals surface area (Å²) < 4.78 is 9.11. The molecule has 0 bridgehead atoms. The summed E-state index contributed by atoms with van der Waals surface area (Å²) in [6.07, 6.45) is -0.983. The fraction of sp³-hybridized carbons (Fsp3) is 0.750. The number of hydrogen-bond acceptors (Lipinski definition) is 12. The Morgan fingerprint density at radius 2 is 1.60 bits per heavy atom. The van der Waals surface area contributed by atoms with Crippen molar-refractivity contribution in [3.8, 4) is 0 Å². The van der Waals surface area contributed by atoms with E-state index in [0.717, 1.165) is 0 Å². The molecule has 0 spiro atoms. The van der Waals surface area contributed by atoms with E-state index in [0.29, 0.717) is 12.8 Å². The summed E-state index contributed by atoms with van der Waals surface area (Å²) in [5.41, 5.74) is 14.9. The van der Waals surface area contributed by atoms with Crippen LogP contribution in [0.15, 0.2) is 0 Å². The molecule has 3 atom stereocenters. The molecule has 0 heterocycles. The van der Waals surface area contributed by atoms with Crippen LogP contribution in [0.4, 0.5) is 0 Å². The number of esters is 3. The highest BCUT2D eigenvalue weighted by Gasteiger charge is 2.25. The van der Waals surface area contributed by atoms with Crippen molar-refractivity contribution in [1.29, 1.82) is 5.41 Å². The van der Waals surface area contributed by atoms with Gasteiger partial charge in [-0.05, 0) is 18.8 Å². The van der Waals surface area contributed by atoms with Crippen LogP contribution in [0.1, 0.15) is 46.5 Å². The maximum absolute atomic E-state index is 11.4. The molecule has 15 heteroatoms. The number of aliphatic hydroxyl groups excluding tert-OH is 4. The highest BCUT2D eigenvalue weighted by molar-refractivity contribution is 5.88. The summed E-state index contributed by atoms with van der Waals surface area (Å²) in [5.74, 6) is -2.63. The molecular formula is C20H41N5O10. The van der Waals surface area contributed by atoms with Crippen LogP contribution >= 0.6 is 0 Å². The third-order valence-electron chi connectivity index (χ3n) is 3.49. The Hall–Kier alpha value is -2.85. The Balaban J connectivity index is -0.000000516. The fourth-order valence-electron chi connectivity index (χ4n) is 1.76. The largest absolute Gasteiger partial charge is 0.463 e. The van der Waals surface area contributed by atoms with E-state index in [1.54, 1.807) is 6.92 Å². The summed E-state index contributed by atoms with van der Waals surface area (Å²) in [5, 5.41) is 43.8. The summed E-state index contributed by atoms with van der Waals surface area (Å²) in [7, 11) is 0. The van der Waals surface area contributed by atoms with Crippen LogP contribution < -0.4 is 22.5 Å². The van der Waals surface area contributed by atoms with Crippen molar-refractivity contribution >= 4 is 29.8 Å². The zero-order valence-electron chi connectivity index (χ0n) is 20.4. The van der Waals surface area contributed by atoms with Crippen LogP contribution in [0.2, 0.25) is 0 Å². The first-order chi connectivity index (χ1) is 16.2. The Morgan fingerprint density at radius 1 is 1.06 bits per heavy atom. The lowest BCUT2D eigenvalue weighted by Crippen LogP contribution is -2.45. The van der Waals surface area contributed by atoms with E-state index >= 15 is 0 Å². The Labute approximate surface area is 204 Å². The minimum Gasteiger partial charge on any atom is -0.463 e. The lowest BCUT2D eigenvalue weighted by Gasteiger charge is -2.17. The third-order valence-corrected chi connectivity index (χ3v) is 3.49. The molecule has 0 aliphatic rings. The molecule has 0 rings (SSSR count). The molecule has 0 saturated carbocycles. The molecule has 35 heavy (non-hydrogen) atoms. The number of carbonyl (C=O) groups excluding carboxylic acids is 4. The molecule has 0 aromatic rings. The zero-order valence-corrected chi connectivity index (χ0v) is 20.4. The maximum Gasteiger partial charge on any atom is 0.333 e. The van der Waals surface area contributed by atoms with Crippen LogP contribution in [-0.4, -0.2) is 94.8 Å². The maximum atomic E-state index is 11.4. The number of carbonyl (C=O) groups is 4. The number of nitrogens with two attached hydrogens (primary N) is 3. The summed E-state index contributed by atoms with van der Waals surface area (Å²) in [6, 6.07) is -1.29. The molecule has 1 amide bonds. The van der Waals surface area contributed by atoms with Gasteiger partial charge >= 0.3 is 17.9 Å². The van der Waals surface area contributed by atoms with Gasteiger partial charge in [0, 0.05) is 19.4 Å². The van der Waals surface area contributed by atoms with Gasteiger partial charge in [-0.1, -0.05) is 20.8 Å². The average molecular weight is 512 g/mol. The molecule has 0 fully saturated rings. The normalized spacial score (nSPS) is 12.5. The van der Waals surface area contributed by atoms with E-state index in [1.165, 1.54) is 0 Å². The van der Waals surface area contributed by atoms with Crippen LogP contribution in [0.3, 0.4) is 0 Å². The van der Waals surface area contributed by atoms with Crippen LogP contribution in [0.25, 0.3) is 0 Å². The van der Waals surface area contributed by atoms with Crippen molar-refractivity contribution in [3.63, 3.8) is 0 Å². The predicted octanol–water partition coefficient (Wildman–Crippen LogP) is -3.19. The molecule has 2 unspecified atom stereocenters. The van der Waals surface area contributed by atoms with Gasteiger partial charge < -0.3 is 52.4 Å². The molecule has 15 nitrogen and oxygen atoms in total. The van der Waals surface area contributed by atoms with E-state index in [2.05, 4.69) is 20.5 Å². The first-order valence-electron chi connectivity index (χ1n) is 10.8. The van der Waals surface area contributed by atoms with Crippen molar-refractivity contribution < 1.29 is 49.1 Å². The minimum atomic E-state index is -1.29. The standard InChI is InChI=1S/C10H20N4O4.C8H16O4.C2H5NO2/c1-2-3-7(16)18-9(17)8(11)6(15)4-5-14-10(12)13;1-6(2)3-8(11)12-5-7(10)4-9;3-2(5)1-4/h6,8,15H,2-5,11H2,1H3,(H4,12,13,14);6-7,9-10H,3-5H2,1-2H3;4H,1H2,(H2,3,5)/t6?,8-;;/m0../s1. The van der Waals surface area contributed by atoms with Crippen molar-refractivity contribution in [2.75, 3.05) is 26.4 Å². The van der Waals surface area contributed by atoms with E-state index in [1.807, 2.05) is 13.8 Å². The fourth-order valence-corrected chi connectivity index (χ4v) is 1.76. The van der Waals surface area contributed by atoms with Gasteiger partial charge in [0.25, 0.3) is 0 Å². The Kier molecular flexibility index (Phi) is 24.0. The number of guanidine groups is 1. The molecule has 0 aliphatic heterocycles. The molecule has 12 N–H and O–H groups in total. The summed E-state index contributed by atoms with van der Waals surface area (Å²) in [4.78, 5) is 42.6. The first kappa shape index (κ1) is 36.7. The van der Waals surface area contributed by atoms with Crippen molar-refractivity contribution in [1.82, 2.24) is 5.32 Å². The molecule has 0 radical (unpaired) electrons. The first-order valence-corrected chi connectivity index (χ1v) is 10.8. The van der Waals surface area contributed by atoms with Gasteiger partial charge in [-0.25, -0.2) is 4.79 Å². The molecule has 0 aliphatic carbocycles. The Bertz CT molecular complexity index is 633. The Morgan fingerprint density at radius 3 is 2.00 bits per heavy atom.